The van der Waals surface area contributed by atoms with Gasteiger partial charge in [-0.25, -0.2) is 0 Å². The summed E-state index contributed by atoms with van der Waals surface area (Å²) >= 11 is 0. The highest BCUT2D eigenvalue weighted by Gasteiger charge is 2.23. The predicted octanol–water partition coefficient (Wildman–Crippen LogP) is 1.46. The van der Waals surface area contributed by atoms with Gasteiger partial charge in [-0.05, 0) is 25.0 Å². The smallest absolute Gasteiger partial charge is 0.121 e. The van der Waals surface area contributed by atoms with Crippen LogP contribution in [0.15, 0.2) is 18.2 Å². The molecule has 21 heavy (non-hydrogen) atoms. The third-order valence-corrected chi connectivity index (χ3v) is 4.33. The molecule has 2 aliphatic rings. The molecule has 5 nitrogen and oxygen atoms in total. The summed E-state index contributed by atoms with van der Waals surface area (Å²) in [4.78, 5) is 4.81. The second-order valence-electron chi connectivity index (χ2n) is 5.80. The minimum atomic E-state index is 0.276. The van der Waals surface area contributed by atoms with Gasteiger partial charge in [-0.15, -0.1) is 0 Å². The Balaban J connectivity index is 1.90. The summed E-state index contributed by atoms with van der Waals surface area (Å²) in [5.41, 5.74) is 8.66. The Labute approximate surface area is 126 Å². The van der Waals surface area contributed by atoms with E-state index >= 15 is 0 Å². The zero-order valence-corrected chi connectivity index (χ0v) is 12.8. The van der Waals surface area contributed by atoms with E-state index in [1.54, 1.807) is 7.11 Å². The fourth-order valence-corrected chi connectivity index (χ4v) is 3.18. The molecule has 2 saturated heterocycles. The van der Waals surface area contributed by atoms with Crippen LogP contribution in [-0.2, 0) is 4.74 Å². The first kappa shape index (κ1) is 14.5. The fourth-order valence-electron chi connectivity index (χ4n) is 3.18. The molecule has 2 heterocycles. The van der Waals surface area contributed by atoms with Gasteiger partial charge in [-0.3, -0.25) is 0 Å². The fraction of sp³-hybridized carbons (Fsp3) is 0.625. The SMILES string of the molecule is COc1ccc(N2CCC[C@@H](N)C2)c(N2CCOCC2)c1. The number of ether oxygens (including phenoxy) is 2. The number of morpholine rings is 1. The van der Waals surface area contributed by atoms with Crippen LogP contribution >= 0.6 is 0 Å². The van der Waals surface area contributed by atoms with Crippen LogP contribution in [0.4, 0.5) is 11.4 Å². The van der Waals surface area contributed by atoms with E-state index in [1.807, 2.05) is 6.07 Å². The van der Waals surface area contributed by atoms with Crippen LogP contribution in [-0.4, -0.2) is 52.5 Å². The molecule has 5 heteroatoms. The highest BCUT2D eigenvalue weighted by Crippen LogP contribution is 2.35. The lowest BCUT2D eigenvalue weighted by molar-refractivity contribution is 0.122. The topological polar surface area (TPSA) is 51.0 Å². The van der Waals surface area contributed by atoms with Gasteiger partial charge in [0.25, 0.3) is 0 Å². The van der Waals surface area contributed by atoms with E-state index in [9.17, 15) is 0 Å². The Morgan fingerprint density at radius 3 is 2.67 bits per heavy atom. The molecule has 0 unspecified atom stereocenters. The molecule has 2 aliphatic heterocycles. The van der Waals surface area contributed by atoms with E-state index in [2.05, 4.69) is 21.9 Å². The summed E-state index contributed by atoms with van der Waals surface area (Å²) in [7, 11) is 1.72. The number of hydrogen-bond donors (Lipinski definition) is 1. The Bertz CT molecular complexity index is 475. The third kappa shape index (κ3) is 3.24. The number of hydrogen-bond acceptors (Lipinski definition) is 5. The third-order valence-electron chi connectivity index (χ3n) is 4.33. The Morgan fingerprint density at radius 2 is 1.95 bits per heavy atom. The van der Waals surface area contributed by atoms with Gasteiger partial charge in [0.1, 0.15) is 5.75 Å². The molecule has 2 N–H and O–H groups in total. The Morgan fingerprint density at radius 1 is 1.14 bits per heavy atom. The molecule has 2 fully saturated rings. The van der Waals surface area contributed by atoms with Gasteiger partial charge in [-0.2, -0.15) is 0 Å². The minimum Gasteiger partial charge on any atom is -0.497 e. The van der Waals surface area contributed by atoms with Crippen molar-refractivity contribution in [3.63, 3.8) is 0 Å². The standard InChI is InChI=1S/C16H25N3O2/c1-20-14-4-5-15(19-6-2-3-13(17)12-19)16(11-14)18-7-9-21-10-8-18/h4-5,11,13H,2-3,6-10,12,17H2,1H3/t13-/m1/s1. The first-order chi connectivity index (χ1) is 10.3. The summed E-state index contributed by atoms with van der Waals surface area (Å²) in [6, 6.07) is 6.63. The van der Waals surface area contributed by atoms with Crippen molar-refractivity contribution in [3.05, 3.63) is 18.2 Å². The molecule has 0 spiro atoms. The molecule has 1 atom stereocenters. The van der Waals surface area contributed by atoms with Gasteiger partial charge in [-0.1, -0.05) is 0 Å². The van der Waals surface area contributed by atoms with E-state index in [0.717, 1.165) is 58.0 Å². The number of methoxy groups -OCH3 is 1. The van der Waals surface area contributed by atoms with Gasteiger partial charge in [0.2, 0.25) is 0 Å². The Hall–Kier alpha value is -1.46. The molecule has 0 amide bonds. The molecule has 116 valence electrons. The van der Waals surface area contributed by atoms with Crippen molar-refractivity contribution < 1.29 is 9.47 Å². The Kier molecular flexibility index (Phi) is 4.51. The second kappa shape index (κ2) is 6.54. The number of nitrogens with zero attached hydrogens (tertiary/aromatic N) is 2. The number of piperidine rings is 1. The molecule has 1 aromatic rings. The summed E-state index contributed by atoms with van der Waals surface area (Å²) in [5, 5.41) is 0. The van der Waals surface area contributed by atoms with Gasteiger partial charge in [0, 0.05) is 38.3 Å². The first-order valence-corrected chi connectivity index (χ1v) is 7.79. The van der Waals surface area contributed by atoms with Gasteiger partial charge < -0.3 is 25.0 Å². The summed E-state index contributed by atoms with van der Waals surface area (Å²) in [5.74, 6) is 0.904. The maximum absolute atomic E-state index is 6.15. The van der Waals surface area contributed by atoms with Crippen molar-refractivity contribution in [3.8, 4) is 5.75 Å². The highest BCUT2D eigenvalue weighted by molar-refractivity contribution is 5.73. The average Bonchev–Trinajstić information content (AvgIpc) is 2.55. The highest BCUT2D eigenvalue weighted by atomic mass is 16.5. The largest absolute Gasteiger partial charge is 0.497 e. The lowest BCUT2D eigenvalue weighted by Crippen LogP contribution is -2.44. The van der Waals surface area contributed by atoms with E-state index in [1.165, 1.54) is 11.4 Å². The summed E-state index contributed by atoms with van der Waals surface area (Å²) < 4.78 is 10.9. The molecule has 0 radical (unpaired) electrons. The van der Waals surface area contributed by atoms with E-state index < -0.39 is 0 Å². The number of anilines is 2. The van der Waals surface area contributed by atoms with Crippen LogP contribution in [0.25, 0.3) is 0 Å². The van der Waals surface area contributed by atoms with Crippen molar-refractivity contribution in [1.82, 2.24) is 0 Å². The van der Waals surface area contributed by atoms with Gasteiger partial charge in [0.05, 0.1) is 31.7 Å². The summed E-state index contributed by atoms with van der Waals surface area (Å²) in [6.07, 6.45) is 2.29. The normalized spacial score (nSPS) is 23.2. The molecule has 0 bridgehead atoms. The van der Waals surface area contributed by atoms with E-state index in [-0.39, 0.29) is 6.04 Å². The van der Waals surface area contributed by atoms with Gasteiger partial charge >= 0.3 is 0 Å². The zero-order valence-electron chi connectivity index (χ0n) is 12.8. The number of benzene rings is 1. The monoisotopic (exact) mass is 291 g/mol. The molecule has 1 aromatic carbocycles. The van der Waals surface area contributed by atoms with Crippen molar-refractivity contribution in [2.45, 2.75) is 18.9 Å². The quantitative estimate of drug-likeness (QED) is 0.914. The zero-order chi connectivity index (χ0) is 14.7. The van der Waals surface area contributed by atoms with Gasteiger partial charge in [0.15, 0.2) is 0 Å². The number of rotatable bonds is 3. The lowest BCUT2D eigenvalue weighted by atomic mass is 10.0. The van der Waals surface area contributed by atoms with Crippen molar-refractivity contribution in [2.24, 2.45) is 5.73 Å². The molecular weight excluding hydrogens is 266 g/mol. The van der Waals surface area contributed by atoms with Crippen LogP contribution in [0, 0.1) is 0 Å². The van der Waals surface area contributed by atoms with Crippen molar-refractivity contribution in [2.75, 3.05) is 56.3 Å². The maximum atomic E-state index is 6.15. The van der Waals surface area contributed by atoms with E-state index in [4.69, 9.17) is 15.2 Å². The van der Waals surface area contributed by atoms with Crippen LogP contribution in [0.5, 0.6) is 5.75 Å². The lowest BCUT2D eigenvalue weighted by Gasteiger charge is -2.37. The molecular formula is C16H25N3O2. The van der Waals surface area contributed by atoms with Crippen LogP contribution in [0.3, 0.4) is 0 Å². The summed E-state index contributed by atoms with van der Waals surface area (Å²) in [6.45, 7) is 5.45. The second-order valence-corrected chi connectivity index (χ2v) is 5.80. The molecule has 0 aromatic heterocycles. The predicted molar refractivity (Wildman–Crippen MR) is 85.4 cm³/mol. The molecule has 3 rings (SSSR count). The molecule has 0 saturated carbocycles. The van der Waals surface area contributed by atoms with Crippen molar-refractivity contribution in [1.29, 1.82) is 0 Å². The first-order valence-electron chi connectivity index (χ1n) is 7.79. The van der Waals surface area contributed by atoms with E-state index in [0.29, 0.717) is 0 Å². The minimum absolute atomic E-state index is 0.276. The average molecular weight is 291 g/mol. The molecule has 0 aliphatic carbocycles. The van der Waals surface area contributed by atoms with Crippen LogP contribution < -0.4 is 20.3 Å². The van der Waals surface area contributed by atoms with Crippen molar-refractivity contribution >= 4 is 11.4 Å². The number of nitrogens with two attached hydrogens (primary N) is 1. The van der Waals surface area contributed by atoms with Crippen LogP contribution in [0.1, 0.15) is 12.8 Å². The van der Waals surface area contributed by atoms with Crippen LogP contribution in [0.2, 0.25) is 0 Å². The maximum Gasteiger partial charge on any atom is 0.121 e.